The minimum absolute atomic E-state index is 0.0811. The van der Waals surface area contributed by atoms with E-state index >= 15 is 0 Å². The van der Waals surface area contributed by atoms with Gasteiger partial charge in [0.05, 0.1) is 46.1 Å². The van der Waals surface area contributed by atoms with Crippen molar-refractivity contribution in [2.24, 2.45) is 22.7 Å². The van der Waals surface area contributed by atoms with Crippen LogP contribution in [0.4, 0.5) is 0 Å². The molecule has 5 atom stereocenters. The van der Waals surface area contributed by atoms with Gasteiger partial charge < -0.3 is 34.7 Å². The van der Waals surface area contributed by atoms with Crippen molar-refractivity contribution in [1.82, 2.24) is 15.5 Å². The lowest BCUT2D eigenvalue weighted by molar-refractivity contribution is -0.154. The van der Waals surface area contributed by atoms with Crippen LogP contribution >= 0.6 is 0 Å². The van der Waals surface area contributed by atoms with Crippen LogP contribution < -0.4 is 29.6 Å². The first kappa shape index (κ1) is 42.9. The molecular formula is C46H61N3O9. The number of rotatable bonds is 18. The van der Waals surface area contributed by atoms with Gasteiger partial charge in [0.1, 0.15) is 5.60 Å². The lowest BCUT2D eigenvalue weighted by Gasteiger charge is -2.54. The van der Waals surface area contributed by atoms with Gasteiger partial charge in [0.25, 0.3) is 11.8 Å². The Balaban J connectivity index is 1.11. The number of nitrogens with zero attached hydrogens (tertiary/aromatic N) is 1. The number of methoxy groups -OCH3 is 4. The van der Waals surface area contributed by atoms with Gasteiger partial charge in [0, 0.05) is 36.9 Å². The number of benzene rings is 2. The van der Waals surface area contributed by atoms with Crippen LogP contribution in [0.15, 0.2) is 59.7 Å². The maximum Gasteiger partial charge on any atom is 0.255 e. The minimum Gasteiger partial charge on any atom is -0.493 e. The second-order valence-corrected chi connectivity index (χ2v) is 16.8. The minimum atomic E-state index is -1.47. The maximum atomic E-state index is 14.5. The molecule has 2 amide bonds. The predicted octanol–water partition coefficient (Wildman–Crippen LogP) is 6.11. The molecule has 4 aliphatic rings. The van der Waals surface area contributed by atoms with E-state index in [0.29, 0.717) is 98.8 Å². The topological polar surface area (TPSA) is 153 Å². The van der Waals surface area contributed by atoms with Crippen LogP contribution in [0.3, 0.4) is 0 Å². The summed E-state index contributed by atoms with van der Waals surface area (Å²) in [6, 6.07) is 10.3. The number of hydrogen-bond donors (Lipinski definition) is 3. The Kier molecular flexibility index (Phi) is 13.4. The number of allylic oxidation sites excluding steroid dienone is 4. The normalized spacial score (nSPS) is 26.0. The van der Waals surface area contributed by atoms with Crippen molar-refractivity contribution >= 4 is 23.4 Å². The molecule has 4 aliphatic carbocycles. The number of fused-ring (bicyclic) bond motifs is 5. The molecule has 0 bridgehead atoms. The highest BCUT2D eigenvalue weighted by molar-refractivity contribution is 5.98. The van der Waals surface area contributed by atoms with Crippen molar-refractivity contribution in [2.45, 2.75) is 83.7 Å². The molecule has 12 heteroatoms. The van der Waals surface area contributed by atoms with Crippen LogP contribution in [0.1, 0.15) is 98.8 Å². The van der Waals surface area contributed by atoms with Crippen LogP contribution in [0.25, 0.3) is 0 Å². The summed E-state index contributed by atoms with van der Waals surface area (Å²) in [6.45, 7) is 6.34. The maximum absolute atomic E-state index is 14.5. The van der Waals surface area contributed by atoms with Crippen molar-refractivity contribution in [2.75, 3.05) is 61.2 Å². The summed E-state index contributed by atoms with van der Waals surface area (Å²) in [7, 11) is 6.05. The smallest absolute Gasteiger partial charge is 0.255 e. The van der Waals surface area contributed by atoms with E-state index in [1.165, 1.54) is 39.6 Å². The molecule has 0 spiro atoms. The third-order valence-electron chi connectivity index (χ3n) is 13.7. The van der Waals surface area contributed by atoms with Gasteiger partial charge in [-0.15, -0.1) is 0 Å². The average molecular weight is 800 g/mol. The monoisotopic (exact) mass is 799 g/mol. The van der Waals surface area contributed by atoms with Crippen LogP contribution in [0.2, 0.25) is 0 Å². The zero-order valence-electron chi connectivity index (χ0n) is 35.0. The molecule has 314 valence electrons. The van der Waals surface area contributed by atoms with Gasteiger partial charge in [0.15, 0.2) is 34.6 Å². The Morgan fingerprint density at radius 2 is 1.40 bits per heavy atom. The fraction of sp³-hybridized carbons (Fsp3) is 0.565. The number of carbonyl (C=O) groups is 4. The van der Waals surface area contributed by atoms with E-state index in [1.54, 1.807) is 36.4 Å². The molecule has 2 saturated carbocycles. The summed E-state index contributed by atoms with van der Waals surface area (Å²) < 4.78 is 21.6. The molecule has 6 rings (SSSR count). The number of ketones is 2. The number of hydrogen-bond acceptors (Lipinski definition) is 10. The number of aliphatic hydroxyl groups is 1. The average Bonchev–Trinajstić information content (AvgIpc) is 3.52. The Morgan fingerprint density at radius 1 is 0.793 bits per heavy atom. The van der Waals surface area contributed by atoms with Crippen LogP contribution in [0.5, 0.6) is 23.0 Å². The summed E-state index contributed by atoms with van der Waals surface area (Å²) >= 11 is 0. The molecule has 0 heterocycles. The Bertz CT molecular complexity index is 1940. The molecule has 0 aliphatic heterocycles. The molecule has 2 fully saturated rings. The first-order chi connectivity index (χ1) is 27.8. The lowest BCUT2D eigenvalue weighted by Crippen LogP contribution is -2.57. The zero-order valence-corrected chi connectivity index (χ0v) is 35.0. The number of nitrogens with one attached hydrogen (secondary N) is 2. The first-order valence-electron chi connectivity index (χ1n) is 20.8. The molecule has 3 N–H and O–H groups in total. The molecular weight excluding hydrogens is 739 g/mol. The molecule has 2 aromatic rings. The second kappa shape index (κ2) is 18.1. The Morgan fingerprint density at radius 3 is 2.00 bits per heavy atom. The van der Waals surface area contributed by atoms with E-state index in [4.69, 9.17) is 18.9 Å². The summed E-state index contributed by atoms with van der Waals surface area (Å²) in [5.74, 6) is 1.65. The van der Waals surface area contributed by atoms with E-state index in [0.717, 1.165) is 25.7 Å². The number of unbranched alkanes of at least 4 members (excludes halogenated alkanes) is 1. The van der Waals surface area contributed by atoms with Gasteiger partial charge in [-0.25, -0.2) is 0 Å². The standard InChI is InChI=1S/C46H61N3O9/c1-44-21-18-31(50)28-30(44)16-17-32-35(44)19-22-45(2)36(32)20-23-46(45,54)39(51)29-49(27-11-25-48-43(53)34-13-10-15-38(56-4)41(34)58-6)26-8-7-24-47-42(52)33-12-9-14-37(55-3)40(33)57-5/h9-10,12-15,19,28,32,36,54H,7-8,11,16-18,20-27,29H2,1-6H3,(H,47,52)(H,48,53)/t32?,36?,44-,45-,46-/m0/s1. The highest BCUT2D eigenvalue weighted by Gasteiger charge is 2.64. The quantitative estimate of drug-likeness (QED) is 0.119. The molecule has 58 heavy (non-hydrogen) atoms. The molecule has 0 aromatic heterocycles. The number of carbonyl (C=O) groups excluding carboxylic acids is 4. The van der Waals surface area contributed by atoms with E-state index in [2.05, 4.69) is 35.5 Å². The number of para-hydroxylation sites is 2. The third-order valence-corrected chi connectivity index (χ3v) is 13.7. The van der Waals surface area contributed by atoms with E-state index in [9.17, 15) is 24.3 Å². The van der Waals surface area contributed by atoms with Crippen LogP contribution in [-0.2, 0) is 9.59 Å². The van der Waals surface area contributed by atoms with Crippen molar-refractivity contribution < 1.29 is 43.2 Å². The fourth-order valence-electron chi connectivity index (χ4n) is 10.4. The SMILES string of the molecule is COc1cccc(C(=O)NCCCCN(CCCNC(=O)c2cccc(OC)c2OC)CC(=O)[C@@]2(O)CCC3C4CCC5=CC(=O)CC[C@]5(C)C4=CC[C@@]32C)c1OC. The molecule has 0 saturated heterocycles. The van der Waals surface area contributed by atoms with Gasteiger partial charge in [-0.2, -0.15) is 0 Å². The molecule has 2 unspecified atom stereocenters. The van der Waals surface area contributed by atoms with Crippen molar-refractivity contribution in [3.63, 3.8) is 0 Å². The second-order valence-electron chi connectivity index (χ2n) is 16.8. The van der Waals surface area contributed by atoms with Crippen molar-refractivity contribution in [3.05, 3.63) is 70.8 Å². The summed E-state index contributed by atoms with van der Waals surface area (Å²) in [6.07, 6.45) is 11.2. The lowest BCUT2D eigenvalue weighted by atomic mass is 9.50. The van der Waals surface area contributed by atoms with E-state index in [1.807, 2.05) is 6.08 Å². The number of Topliss-reactive ketones (excluding diaryl/α,β-unsaturated/α-hetero) is 1. The highest BCUT2D eigenvalue weighted by Crippen LogP contribution is 2.65. The summed E-state index contributed by atoms with van der Waals surface area (Å²) in [5.41, 5.74) is 1.22. The predicted molar refractivity (Wildman–Crippen MR) is 221 cm³/mol. The van der Waals surface area contributed by atoms with Crippen molar-refractivity contribution in [1.29, 1.82) is 0 Å². The van der Waals surface area contributed by atoms with E-state index in [-0.39, 0.29) is 47.2 Å². The molecule has 2 aromatic carbocycles. The number of amides is 2. The van der Waals surface area contributed by atoms with Crippen LogP contribution in [-0.4, -0.2) is 100 Å². The number of ether oxygens (including phenoxy) is 4. The Hall–Kier alpha value is -4.68. The summed E-state index contributed by atoms with van der Waals surface area (Å²) in [4.78, 5) is 55.1. The summed E-state index contributed by atoms with van der Waals surface area (Å²) in [5, 5.41) is 18.5. The zero-order chi connectivity index (χ0) is 41.7. The fourth-order valence-corrected chi connectivity index (χ4v) is 10.4. The van der Waals surface area contributed by atoms with Gasteiger partial charge in [0.2, 0.25) is 0 Å². The molecule has 12 nitrogen and oxygen atoms in total. The van der Waals surface area contributed by atoms with Crippen molar-refractivity contribution in [3.8, 4) is 23.0 Å². The van der Waals surface area contributed by atoms with Gasteiger partial charge >= 0.3 is 0 Å². The Labute approximate surface area is 342 Å². The largest absolute Gasteiger partial charge is 0.493 e. The molecule has 0 radical (unpaired) electrons. The van der Waals surface area contributed by atoms with Gasteiger partial charge in [-0.3, -0.25) is 24.1 Å². The van der Waals surface area contributed by atoms with E-state index < -0.39 is 11.0 Å². The van der Waals surface area contributed by atoms with Gasteiger partial charge in [-0.1, -0.05) is 43.2 Å². The van der Waals surface area contributed by atoms with Crippen LogP contribution in [0, 0.1) is 22.7 Å². The van der Waals surface area contributed by atoms with Gasteiger partial charge in [-0.05, 0) is 107 Å². The first-order valence-corrected chi connectivity index (χ1v) is 20.8. The highest BCUT2D eigenvalue weighted by atomic mass is 16.5. The third kappa shape index (κ3) is 8.14.